The lowest BCUT2D eigenvalue weighted by Gasteiger charge is -2.32. The molecule has 3 aromatic heterocycles. The fourth-order valence-electron chi connectivity index (χ4n) is 4.07. The minimum atomic E-state index is -4.55. The molecule has 4 heterocycles. The van der Waals surface area contributed by atoms with Crippen molar-refractivity contribution in [1.82, 2.24) is 19.6 Å². The van der Waals surface area contributed by atoms with E-state index in [-0.39, 0.29) is 23.6 Å². The van der Waals surface area contributed by atoms with Gasteiger partial charge in [-0.1, -0.05) is 24.3 Å². The lowest BCUT2D eigenvalue weighted by Crippen LogP contribution is -2.36. The molecule has 4 aromatic rings. The van der Waals surface area contributed by atoms with Gasteiger partial charge in [-0.05, 0) is 30.2 Å². The molecule has 0 bridgehead atoms. The number of anilines is 2. The summed E-state index contributed by atoms with van der Waals surface area (Å²) in [5.41, 5.74) is 2.19. The number of furan rings is 1. The Labute approximate surface area is 192 Å². The summed E-state index contributed by atoms with van der Waals surface area (Å²) in [7, 11) is 0. The highest BCUT2D eigenvalue weighted by atomic mass is 19.4. The summed E-state index contributed by atoms with van der Waals surface area (Å²) >= 11 is 0. The number of carbonyl (C=O) groups excluding carboxylic acids is 1. The fourth-order valence-corrected chi connectivity index (χ4v) is 4.07. The van der Waals surface area contributed by atoms with Crippen LogP contribution in [0, 0.1) is 6.92 Å². The molecule has 0 saturated heterocycles. The van der Waals surface area contributed by atoms with E-state index in [1.165, 1.54) is 6.26 Å². The summed E-state index contributed by atoms with van der Waals surface area (Å²) in [4.78, 5) is 13.0. The molecule has 0 aliphatic carbocycles. The first-order valence-electron chi connectivity index (χ1n) is 10.6. The molecule has 2 atom stereocenters. The number of alkyl halides is 3. The maximum absolute atomic E-state index is 13.8. The lowest BCUT2D eigenvalue weighted by molar-refractivity contribution is -0.174. The van der Waals surface area contributed by atoms with Gasteiger partial charge >= 0.3 is 6.18 Å². The molecule has 8 nitrogen and oxygen atoms in total. The van der Waals surface area contributed by atoms with Gasteiger partial charge in [0.15, 0.2) is 11.9 Å². The van der Waals surface area contributed by atoms with E-state index in [9.17, 15) is 18.0 Å². The molecule has 176 valence electrons. The Hall–Kier alpha value is -4.02. The Morgan fingerprint density at radius 2 is 2.06 bits per heavy atom. The maximum atomic E-state index is 13.8. The Balaban J connectivity index is 1.37. The first-order valence-corrected chi connectivity index (χ1v) is 10.6. The second-order valence-corrected chi connectivity index (χ2v) is 8.14. The zero-order chi connectivity index (χ0) is 23.9. The summed E-state index contributed by atoms with van der Waals surface area (Å²) in [6, 6.07) is 10.1. The zero-order valence-corrected chi connectivity index (χ0v) is 18.1. The van der Waals surface area contributed by atoms with Gasteiger partial charge in [0.1, 0.15) is 17.1 Å². The number of amides is 1. The highest BCUT2D eigenvalue weighted by Gasteiger charge is 2.47. The van der Waals surface area contributed by atoms with Crippen molar-refractivity contribution in [3.63, 3.8) is 0 Å². The predicted molar refractivity (Wildman–Crippen MR) is 117 cm³/mol. The van der Waals surface area contributed by atoms with E-state index in [0.29, 0.717) is 12.3 Å². The van der Waals surface area contributed by atoms with Crippen LogP contribution in [0.4, 0.5) is 24.8 Å². The average molecular weight is 470 g/mol. The van der Waals surface area contributed by atoms with Crippen molar-refractivity contribution in [1.29, 1.82) is 0 Å². The van der Waals surface area contributed by atoms with Crippen molar-refractivity contribution in [2.75, 3.05) is 10.6 Å². The number of nitrogens with one attached hydrogen (secondary N) is 2. The monoisotopic (exact) mass is 470 g/mol. The Kier molecular flexibility index (Phi) is 5.39. The van der Waals surface area contributed by atoms with Gasteiger partial charge in [0.2, 0.25) is 0 Å². The van der Waals surface area contributed by atoms with E-state index in [1.807, 2.05) is 31.2 Å². The number of nitrogens with zero attached hydrogens (tertiary/aromatic N) is 4. The van der Waals surface area contributed by atoms with E-state index in [1.54, 1.807) is 29.1 Å². The van der Waals surface area contributed by atoms with E-state index >= 15 is 0 Å². The van der Waals surface area contributed by atoms with Gasteiger partial charge in [0, 0.05) is 18.7 Å². The SMILES string of the molecule is Cc1ccccc1Cn1ccc(NC(=O)c2cnn3c2N[C@H](c2ccco2)C[C@@H]3C(F)(F)F)n1. The Morgan fingerprint density at radius 3 is 2.79 bits per heavy atom. The number of fused-ring (bicyclic) bond motifs is 1. The summed E-state index contributed by atoms with van der Waals surface area (Å²) in [5, 5.41) is 13.9. The van der Waals surface area contributed by atoms with Crippen molar-refractivity contribution in [2.24, 2.45) is 0 Å². The van der Waals surface area contributed by atoms with Gasteiger partial charge in [-0.25, -0.2) is 4.68 Å². The van der Waals surface area contributed by atoms with Crippen molar-refractivity contribution in [3.05, 3.63) is 83.6 Å². The van der Waals surface area contributed by atoms with Gasteiger partial charge in [-0.2, -0.15) is 23.4 Å². The summed E-state index contributed by atoms with van der Waals surface area (Å²) in [5.74, 6) is -0.00460. The molecule has 0 saturated carbocycles. The van der Waals surface area contributed by atoms with Crippen LogP contribution in [-0.4, -0.2) is 31.6 Å². The summed E-state index contributed by atoms with van der Waals surface area (Å²) < 4.78 is 49.1. The summed E-state index contributed by atoms with van der Waals surface area (Å²) in [6.45, 7) is 2.52. The fraction of sp³-hybridized carbons (Fsp3) is 0.261. The van der Waals surface area contributed by atoms with E-state index in [0.717, 1.165) is 22.0 Å². The van der Waals surface area contributed by atoms with Gasteiger partial charge in [0.05, 0.1) is 25.0 Å². The van der Waals surface area contributed by atoms with Crippen LogP contribution >= 0.6 is 0 Å². The molecule has 5 rings (SSSR count). The van der Waals surface area contributed by atoms with Crippen LogP contribution in [0.2, 0.25) is 0 Å². The number of aryl methyl sites for hydroxylation is 1. The molecule has 0 spiro atoms. The van der Waals surface area contributed by atoms with E-state index in [2.05, 4.69) is 20.8 Å². The third-order valence-corrected chi connectivity index (χ3v) is 5.85. The number of rotatable bonds is 5. The minimum absolute atomic E-state index is 0.0149. The second-order valence-electron chi connectivity index (χ2n) is 8.14. The van der Waals surface area contributed by atoms with E-state index in [4.69, 9.17) is 4.42 Å². The van der Waals surface area contributed by atoms with Gasteiger partial charge in [-0.3, -0.25) is 9.48 Å². The first-order chi connectivity index (χ1) is 16.3. The highest BCUT2D eigenvalue weighted by molar-refractivity contribution is 6.07. The molecular formula is C23H21F3N6O2. The topological polar surface area (TPSA) is 89.9 Å². The van der Waals surface area contributed by atoms with Crippen LogP contribution in [0.1, 0.15) is 45.7 Å². The molecule has 34 heavy (non-hydrogen) atoms. The molecule has 0 fully saturated rings. The van der Waals surface area contributed by atoms with Crippen LogP contribution in [0.15, 0.2) is 65.5 Å². The van der Waals surface area contributed by atoms with E-state index < -0.39 is 24.2 Å². The number of benzene rings is 1. The van der Waals surface area contributed by atoms with Gasteiger partial charge in [-0.15, -0.1) is 0 Å². The van der Waals surface area contributed by atoms with Gasteiger partial charge in [0.25, 0.3) is 5.91 Å². The first kappa shape index (κ1) is 21.8. The van der Waals surface area contributed by atoms with Gasteiger partial charge < -0.3 is 15.1 Å². The minimum Gasteiger partial charge on any atom is -0.467 e. The number of carbonyl (C=O) groups is 1. The van der Waals surface area contributed by atoms with Crippen LogP contribution in [0.25, 0.3) is 0 Å². The molecule has 11 heteroatoms. The third kappa shape index (κ3) is 4.16. The molecule has 0 radical (unpaired) electrons. The number of hydrogen-bond acceptors (Lipinski definition) is 5. The summed E-state index contributed by atoms with van der Waals surface area (Å²) in [6.07, 6.45) is -0.607. The third-order valence-electron chi connectivity index (χ3n) is 5.85. The van der Waals surface area contributed by atoms with Crippen molar-refractivity contribution in [2.45, 2.75) is 38.1 Å². The molecule has 1 aliphatic heterocycles. The van der Waals surface area contributed by atoms with Crippen LogP contribution in [0.3, 0.4) is 0 Å². The molecule has 1 amide bonds. The largest absolute Gasteiger partial charge is 0.467 e. The van der Waals surface area contributed by atoms with Crippen LogP contribution < -0.4 is 10.6 Å². The lowest BCUT2D eigenvalue weighted by atomic mass is 10.0. The van der Waals surface area contributed by atoms with Crippen molar-refractivity contribution >= 4 is 17.5 Å². The number of hydrogen-bond donors (Lipinski definition) is 2. The quantitative estimate of drug-likeness (QED) is 0.431. The van der Waals surface area contributed by atoms with Crippen molar-refractivity contribution in [3.8, 4) is 0 Å². The molecule has 1 aliphatic rings. The number of aromatic nitrogens is 4. The Bertz CT molecular complexity index is 1310. The second kappa shape index (κ2) is 8.40. The smallest absolute Gasteiger partial charge is 0.410 e. The standard InChI is InChI=1S/C23H21F3N6O2/c1-14-5-2-3-6-15(14)13-31-9-8-20(30-31)29-22(33)16-12-27-32-19(23(24,25)26)11-17(28-21(16)32)18-7-4-10-34-18/h2-10,12,17,19,28H,11,13H2,1H3,(H,29,30,33)/t17-,19+/m0/s1. The highest BCUT2D eigenvalue weighted by Crippen LogP contribution is 2.44. The zero-order valence-electron chi connectivity index (χ0n) is 18.1. The van der Waals surface area contributed by atoms with Crippen LogP contribution in [0.5, 0.6) is 0 Å². The normalized spacial score (nSPS) is 17.8. The molecular weight excluding hydrogens is 449 g/mol. The average Bonchev–Trinajstić information content (AvgIpc) is 3.55. The number of halogens is 3. The van der Waals surface area contributed by atoms with Crippen LogP contribution in [-0.2, 0) is 6.54 Å². The Morgan fingerprint density at radius 1 is 1.24 bits per heavy atom. The molecule has 2 N–H and O–H groups in total. The van der Waals surface area contributed by atoms with Crippen molar-refractivity contribution < 1.29 is 22.4 Å². The predicted octanol–water partition coefficient (Wildman–Crippen LogP) is 4.94. The molecule has 1 aromatic carbocycles. The molecule has 0 unspecified atom stereocenters. The maximum Gasteiger partial charge on any atom is 0.410 e.